The van der Waals surface area contributed by atoms with Crippen LogP contribution < -0.4 is 15.4 Å². The molecule has 0 bridgehead atoms. The lowest BCUT2D eigenvalue weighted by atomic mass is 10.2. The van der Waals surface area contributed by atoms with Crippen molar-refractivity contribution < 1.29 is 9.53 Å². The summed E-state index contributed by atoms with van der Waals surface area (Å²) >= 11 is 0. The van der Waals surface area contributed by atoms with Crippen molar-refractivity contribution in [1.29, 1.82) is 0 Å². The molecule has 1 heterocycles. The zero-order valence-corrected chi connectivity index (χ0v) is 13.2. The number of halogens is 1. The Kier molecular flexibility index (Phi) is 8.12. The van der Waals surface area contributed by atoms with E-state index in [2.05, 4.69) is 15.5 Å². The van der Waals surface area contributed by atoms with Gasteiger partial charge in [-0.05, 0) is 25.6 Å². The molecular weight excluding hydrogens is 290 g/mol. The van der Waals surface area contributed by atoms with Crippen LogP contribution in [0.25, 0.3) is 0 Å². The molecule has 1 fully saturated rings. The summed E-state index contributed by atoms with van der Waals surface area (Å²) in [5.41, 5.74) is 1.00. The van der Waals surface area contributed by atoms with Crippen LogP contribution >= 0.6 is 12.4 Å². The highest BCUT2D eigenvalue weighted by atomic mass is 35.5. The van der Waals surface area contributed by atoms with Crippen LogP contribution in [0.2, 0.25) is 0 Å². The fraction of sp³-hybridized carbons (Fsp3) is 0.533. The van der Waals surface area contributed by atoms with E-state index in [4.69, 9.17) is 4.74 Å². The van der Waals surface area contributed by atoms with Crippen LogP contribution in [0.1, 0.15) is 12.0 Å². The summed E-state index contributed by atoms with van der Waals surface area (Å²) in [7, 11) is 1.64. The van der Waals surface area contributed by atoms with Crippen molar-refractivity contribution in [2.45, 2.75) is 13.0 Å². The highest BCUT2D eigenvalue weighted by molar-refractivity contribution is 5.85. The molecule has 2 rings (SSSR count). The minimum atomic E-state index is 0. The van der Waals surface area contributed by atoms with Crippen LogP contribution in [0.3, 0.4) is 0 Å². The van der Waals surface area contributed by atoms with E-state index in [0.29, 0.717) is 13.1 Å². The lowest BCUT2D eigenvalue weighted by Gasteiger charge is -2.18. The molecule has 118 valence electrons. The molecule has 1 amide bonds. The fourth-order valence-electron chi connectivity index (χ4n) is 2.36. The third-order valence-corrected chi connectivity index (χ3v) is 3.47. The van der Waals surface area contributed by atoms with Gasteiger partial charge < -0.3 is 15.4 Å². The molecule has 0 saturated carbocycles. The van der Waals surface area contributed by atoms with Crippen molar-refractivity contribution in [1.82, 2.24) is 15.5 Å². The Hall–Kier alpha value is -1.30. The Bertz CT molecular complexity index is 435. The highest BCUT2D eigenvalue weighted by Gasteiger charge is 2.12. The molecule has 0 radical (unpaired) electrons. The van der Waals surface area contributed by atoms with Crippen molar-refractivity contribution in [2.75, 3.05) is 39.8 Å². The molecule has 5 nitrogen and oxygen atoms in total. The second-order valence-electron chi connectivity index (χ2n) is 4.97. The second-order valence-corrected chi connectivity index (χ2v) is 4.97. The standard InChI is InChI=1S/C15H23N3O2.ClH/c1-20-14-6-3-2-5-13(14)11-17-15(19)12-18-9-4-7-16-8-10-18;/h2-3,5-6,16H,4,7-12H2,1H3,(H,17,19);1H. The first-order chi connectivity index (χ1) is 9.79. The molecule has 0 aliphatic carbocycles. The predicted molar refractivity (Wildman–Crippen MR) is 86.0 cm³/mol. The monoisotopic (exact) mass is 313 g/mol. The zero-order valence-electron chi connectivity index (χ0n) is 12.4. The van der Waals surface area contributed by atoms with Gasteiger partial charge in [-0.2, -0.15) is 0 Å². The van der Waals surface area contributed by atoms with Gasteiger partial charge in [-0.1, -0.05) is 18.2 Å². The molecular formula is C15H24ClN3O2. The maximum atomic E-state index is 12.0. The molecule has 1 aromatic carbocycles. The number of benzene rings is 1. The molecule has 1 saturated heterocycles. The van der Waals surface area contributed by atoms with E-state index in [-0.39, 0.29) is 18.3 Å². The van der Waals surface area contributed by atoms with Gasteiger partial charge >= 0.3 is 0 Å². The van der Waals surface area contributed by atoms with Crippen LogP contribution in [0, 0.1) is 0 Å². The molecule has 0 unspecified atom stereocenters. The van der Waals surface area contributed by atoms with Crippen LogP contribution in [0.15, 0.2) is 24.3 Å². The van der Waals surface area contributed by atoms with Crippen molar-refractivity contribution in [2.24, 2.45) is 0 Å². The number of carbonyl (C=O) groups excluding carboxylic acids is 1. The average molecular weight is 314 g/mol. The molecule has 2 N–H and O–H groups in total. The zero-order chi connectivity index (χ0) is 14.2. The SMILES string of the molecule is COc1ccccc1CNC(=O)CN1CCCNCC1.Cl. The Labute approximate surface area is 132 Å². The van der Waals surface area contributed by atoms with Gasteiger partial charge in [0.05, 0.1) is 13.7 Å². The summed E-state index contributed by atoms with van der Waals surface area (Å²) in [5, 5.41) is 6.29. The fourth-order valence-corrected chi connectivity index (χ4v) is 2.36. The second kappa shape index (κ2) is 9.60. The largest absolute Gasteiger partial charge is 0.496 e. The van der Waals surface area contributed by atoms with Crippen molar-refractivity contribution in [3.05, 3.63) is 29.8 Å². The summed E-state index contributed by atoms with van der Waals surface area (Å²) in [6.07, 6.45) is 1.10. The Balaban J connectivity index is 0.00000220. The van der Waals surface area contributed by atoms with Gasteiger partial charge in [-0.25, -0.2) is 0 Å². The van der Waals surface area contributed by atoms with E-state index in [9.17, 15) is 4.79 Å². The van der Waals surface area contributed by atoms with Gasteiger partial charge in [0.15, 0.2) is 0 Å². The predicted octanol–water partition coefficient (Wildman–Crippen LogP) is 1.03. The molecule has 1 aliphatic heterocycles. The van der Waals surface area contributed by atoms with Gasteiger partial charge in [0.25, 0.3) is 0 Å². The first-order valence-corrected chi connectivity index (χ1v) is 7.11. The van der Waals surface area contributed by atoms with Crippen LogP contribution in [0.4, 0.5) is 0 Å². The molecule has 1 aliphatic rings. The minimum Gasteiger partial charge on any atom is -0.496 e. The molecule has 21 heavy (non-hydrogen) atoms. The Morgan fingerprint density at radius 1 is 1.33 bits per heavy atom. The number of carbonyl (C=O) groups is 1. The number of hydrogen-bond acceptors (Lipinski definition) is 4. The van der Waals surface area contributed by atoms with E-state index >= 15 is 0 Å². The number of hydrogen-bond donors (Lipinski definition) is 2. The van der Waals surface area contributed by atoms with E-state index in [1.807, 2.05) is 24.3 Å². The summed E-state index contributed by atoms with van der Waals surface area (Å²) < 4.78 is 5.27. The number of ether oxygens (including phenoxy) is 1. The molecule has 6 heteroatoms. The first-order valence-electron chi connectivity index (χ1n) is 7.11. The maximum absolute atomic E-state index is 12.0. The number of nitrogens with one attached hydrogen (secondary N) is 2. The molecule has 0 atom stereocenters. The van der Waals surface area contributed by atoms with Gasteiger partial charge in [0.1, 0.15) is 5.75 Å². The van der Waals surface area contributed by atoms with Crippen molar-refractivity contribution in [3.63, 3.8) is 0 Å². The number of nitrogens with zero attached hydrogens (tertiary/aromatic N) is 1. The highest BCUT2D eigenvalue weighted by Crippen LogP contribution is 2.16. The normalized spacial score (nSPS) is 15.7. The topological polar surface area (TPSA) is 53.6 Å². The number of para-hydroxylation sites is 1. The number of methoxy groups -OCH3 is 1. The van der Waals surface area contributed by atoms with Gasteiger partial charge in [-0.3, -0.25) is 9.69 Å². The summed E-state index contributed by atoms with van der Waals surface area (Å²) in [6, 6.07) is 7.75. The third kappa shape index (κ3) is 5.91. The molecule has 1 aromatic rings. The van der Waals surface area contributed by atoms with Crippen LogP contribution in [0.5, 0.6) is 5.75 Å². The summed E-state index contributed by atoms with van der Waals surface area (Å²) in [5.74, 6) is 0.879. The van der Waals surface area contributed by atoms with E-state index < -0.39 is 0 Å². The molecule has 0 aromatic heterocycles. The average Bonchev–Trinajstić information content (AvgIpc) is 2.74. The first kappa shape index (κ1) is 17.8. The Morgan fingerprint density at radius 2 is 2.14 bits per heavy atom. The lowest BCUT2D eigenvalue weighted by Crippen LogP contribution is -2.38. The van der Waals surface area contributed by atoms with Crippen LogP contribution in [-0.2, 0) is 11.3 Å². The summed E-state index contributed by atoms with van der Waals surface area (Å²) in [6.45, 7) is 4.89. The Morgan fingerprint density at radius 3 is 2.95 bits per heavy atom. The smallest absolute Gasteiger partial charge is 0.234 e. The van der Waals surface area contributed by atoms with E-state index in [1.54, 1.807) is 7.11 Å². The van der Waals surface area contributed by atoms with Crippen molar-refractivity contribution in [3.8, 4) is 5.75 Å². The summed E-state index contributed by atoms with van der Waals surface area (Å²) in [4.78, 5) is 14.2. The van der Waals surface area contributed by atoms with E-state index in [1.165, 1.54) is 0 Å². The third-order valence-electron chi connectivity index (χ3n) is 3.47. The van der Waals surface area contributed by atoms with Gasteiger partial charge in [-0.15, -0.1) is 12.4 Å². The van der Waals surface area contributed by atoms with Crippen molar-refractivity contribution >= 4 is 18.3 Å². The minimum absolute atomic E-state index is 0. The van der Waals surface area contributed by atoms with Crippen LogP contribution in [-0.4, -0.2) is 50.6 Å². The lowest BCUT2D eigenvalue weighted by molar-refractivity contribution is -0.122. The maximum Gasteiger partial charge on any atom is 0.234 e. The van der Waals surface area contributed by atoms with Gasteiger partial charge in [0, 0.05) is 25.2 Å². The van der Waals surface area contributed by atoms with Gasteiger partial charge in [0.2, 0.25) is 5.91 Å². The number of amides is 1. The number of rotatable bonds is 5. The quantitative estimate of drug-likeness (QED) is 0.852. The van der Waals surface area contributed by atoms with E-state index in [0.717, 1.165) is 43.9 Å². The molecule has 0 spiro atoms.